The van der Waals surface area contributed by atoms with Crippen LogP contribution in [-0.2, 0) is 16.6 Å². The minimum absolute atomic E-state index is 0.101. The molecule has 0 saturated carbocycles. The van der Waals surface area contributed by atoms with E-state index in [2.05, 4.69) is 0 Å². The van der Waals surface area contributed by atoms with E-state index in [1.54, 1.807) is 0 Å². The lowest BCUT2D eigenvalue weighted by Crippen LogP contribution is -2.16. The zero-order valence-electron chi connectivity index (χ0n) is 10.5. The molecule has 2 aromatic rings. The third kappa shape index (κ3) is 3.49. The van der Waals surface area contributed by atoms with Crippen molar-refractivity contribution in [3.05, 3.63) is 58.6 Å². The van der Waals surface area contributed by atoms with E-state index in [0.29, 0.717) is 0 Å². The highest BCUT2D eigenvalue weighted by atomic mass is 35.5. The van der Waals surface area contributed by atoms with Crippen LogP contribution in [0.25, 0.3) is 0 Å². The molecule has 0 aromatic heterocycles. The van der Waals surface area contributed by atoms with Crippen LogP contribution in [0.1, 0.15) is 5.56 Å². The Morgan fingerprint density at radius 1 is 1.10 bits per heavy atom. The third-order valence-electron chi connectivity index (χ3n) is 2.64. The van der Waals surface area contributed by atoms with Gasteiger partial charge in [-0.15, -0.1) is 0 Å². The average molecular weight is 334 g/mol. The second-order valence-corrected chi connectivity index (χ2v) is 6.24. The van der Waals surface area contributed by atoms with Gasteiger partial charge < -0.3 is 5.11 Å². The van der Waals surface area contributed by atoms with E-state index in [-0.39, 0.29) is 16.3 Å². The van der Waals surface area contributed by atoms with Crippen LogP contribution in [0.4, 0.5) is 14.5 Å². The van der Waals surface area contributed by atoms with E-state index in [9.17, 15) is 17.2 Å². The minimum Gasteiger partial charge on any atom is -0.392 e. The van der Waals surface area contributed by atoms with Gasteiger partial charge in [0.1, 0.15) is 16.5 Å². The number of anilines is 1. The molecule has 0 fully saturated rings. The van der Waals surface area contributed by atoms with Gasteiger partial charge in [-0.25, -0.2) is 17.2 Å². The fourth-order valence-electron chi connectivity index (χ4n) is 1.62. The summed E-state index contributed by atoms with van der Waals surface area (Å²) in [7, 11) is -4.33. The summed E-state index contributed by atoms with van der Waals surface area (Å²) in [5.74, 6) is -1.89. The summed E-state index contributed by atoms with van der Waals surface area (Å²) >= 11 is 5.56. The first-order valence-electron chi connectivity index (χ1n) is 5.70. The van der Waals surface area contributed by atoms with Gasteiger partial charge in [0.15, 0.2) is 0 Å². The minimum atomic E-state index is -4.33. The standard InChI is InChI=1S/C13H10ClF2NO3S/c14-9-2-4-12(11(16)6-9)17-21(19,20)13-5-8(7-18)1-3-10(13)15/h1-6,17-18H,7H2. The molecule has 4 nitrogen and oxygen atoms in total. The van der Waals surface area contributed by atoms with E-state index in [1.165, 1.54) is 12.1 Å². The molecule has 112 valence electrons. The monoisotopic (exact) mass is 333 g/mol. The maximum absolute atomic E-state index is 13.7. The Balaban J connectivity index is 2.43. The number of aliphatic hydroxyl groups excluding tert-OH is 1. The summed E-state index contributed by atoms with van der Waals surface area (Å²) < 4.78 is 53.4. The Morgan fingerprint density at radius 3 is 2.43 bits per heavy atom. The van der Waals surface area contributed by atoms with Crippen molar-refractivity contribution < 1.29 is 22.3 Å². The largest absolute Gasteiger partial charge is 0.392 e. The number of nitrogens with one attached hydrogen (secondary N) is 1. The summed E-state index contributed by atoms with van der Waals surface area (Å²) in [5, 5.41) is 9.07. The van der Waals surface area contributed by atoms with Crippen LogP contribution in [0.2, 0.25) is 5.02 Å². The summed E-state index contributed by atoms with van der Waals surface area (Å²) in [6.45, 7) is -0.446. The van der Waals surface area contributed by atoms with E-state index in [0.717, 1.165) is 24.3 Å². The first kappa shape index (κ1) is 15.7. The number of rotatable bonds is 4. The van der Waals surface area contributed by atoms with Gasteiger partial charge in [-0.05, 0) is 35.9 Å². The lowest BCUT2D eigenvalue weighted by Gasteiger charge is -2.10. The maximum atomic E-state index is 13.7. The Labute approximate surface area is 125 Å². The molecular formula is C13H10ClF2NO3S. The highest BCUT2D eigenvalue weighted by molar-refractivity contribution is 7.92. The Morgan fingerprint density at radius 2 is 1.81 bits per heavy atom. The summed E-state index contributed by atoms with van der Waals surface area (Å²) in [4.78, 5) is -0.677. The second-order valence-electron chi connectivity index (χ2n) is 4.15. The Bertz CT molecular complexity index is 781. The van der Waals surface area contributed by atoms with Gasteiger partial charge in [-0.2, -0.15) is 0 Å². The van der Waals surface area contributed by atoms with E-state index in [4.69, 9.17) is 16.7 Å². The quantitative estimate of drug-likeness (QED) is 0.904. The first-order valence-corrected chi connectivity index (χ1v) is 7.57. The lowest BCUT2D eigenvalue weighted by molar-refractivity contribution is 0.281. The average Bonchev–Trinajstić information content (AvgIpc) is 2.42. The van der Waals surface area contributed by atoms with Crippen molar-refractivity contribution in [1.29, 1.82) is 0 Å². The van der Waals surface area contributed by atoms with Crippen LogP contribution in [-0.4, -0.2) is 13.5 Å². The SMILES string of the molecule is O=S(=O)(Nc1ccc(Cl)cc1F)c1cc(CO)ccc1F. The molecule has 0 aliphatic carbocycles. The van der Waals surface area contributed by atoms with E-state index < -0.39 is 33.2 Å². The van der Waals surface area contributed by atoms with Crippen LogP contribution in [0, 0.1) is 11.6 Å². The molecular weight excluding hydrogens is 324 g/mol. The second kappa shape index (κ2) is 5.97. The number of hydrogen-bond donors (Lipinski definition) is 2. The van der Waals surface area contributed by atoms with Crippen LogP contribution in [0.15, 0.2) is 41.3 Å². The molecule has 0 bridgehead atoms. The smallest absolute Gasteiger partial charge is 0.264 e. The molecule has 2 N–H and O–H groups in total. The maximum Gasteiger partial charge on any atom is 0.264 e. The predicted molar refractivity (Wildman–Crippen MR) is 74.5 cm³/mol. The van der Waals surface area contributed by atoms with Gasteiger partial charge in [0.25, 0.3) is 10.0 Å². The number of halogens is 3. The molecule has 2 aromatic carbocycles. The fourth-order valence-corrected chi connectivity index (χ4v) is 2.98. The molecule has 0 spiro atoms. The fraction of sp³-hybridized carbons (Fsp3) is 0.0769. The van der Waals surface area contributed by atoms with Crippen LogP contribution in [0.3, 0.4) is 0 Å². The predicted octanol–water partition coefficient (Wildman–Crippen LogP) is 2.91. The molecule has 21 heavy (non-hydrogen) atoms. The molecule has 0 aliphatic heterocycles. The van der Waals surface area contributed by atoms with Crippen LogP contribution in [0.5, 0.6) is 0 Å². The van der Waals surface area contributed by atoms with Crippen molar-refractivity contribution in [1.82, 2.24) is 0 Å². The zero-order chi connectivity index (χ0) is 15.6. The molecule has 0 heterocycles. The first-order chi connectivity index (χ1) is 9.83. The summed E-state index contributed by atoms with van der Waals surface area (Å²) in [6, 6.07) is 6.49. The van der Waals surface area contributed by atoms with Gasteiger partial charge in [0, 0.05) is 5.02 Å². The van der Waals surface area contributed by atoms with Crippen molar-refractivity contribution in [3.8, 4) is 0 Å². The number of hydrogen-bond acceptors (Lipinski definition) is 3. The molecule has 2 rings (SSSR count). The van der Waals surface area contributed by atoms with Crippen molar-refractivity contribution in [2.24, 2.45) is 0 Å². The number of aliphatic hydroxyl groups is 1. The van der Waals surface area contributed by atoms with Gasteiger partial charge in [0.05, 0.1) is 12.3 Å². The van der Waals surface area contributed by atoms with Gasteiger partial charge in [-0.1, -0.05) is 17.7 Å². The van der Waals surface area contributed by atoms with Gasteiger partial charge in [0.2, 0.25) is 0 Å². The summed E-state index contributed by atoms with van der Waals surface area (Å²) in [6.07, 6.45) is 0. The topological polar surface area (TPSA) is 66.4 Å². The highest BCUT2D eigenvalue weighted by Gasteiger charge is 2.21. The molecule has 0 aliphatic rings. The Hall–Kier alpha value is -1.70. The number of benzene rings is 2. The molecule has 0 radical (unpaired) electrons. The Kier molecular flexibility index (Phi) is 4.46. The molecule has 0 atom stereocenters. The van der Waals surface area contributed by atoms with Crippen LogP contribution >= 0.6 is 11.6 Å². The van der Waals surface area contributed by atoms with Gasteiger partial charge in [-0.3, -0.25) is 4.72 Å². The van der Waals surface area contributed by atoms with Gasteiger partial charge >= 0.3 is 0 Å². The van der Waals surface area contributed by atoms with Crippen LogP contribution < -0.4 is 4.72 Å². The zero-order valence-corrected chi connectivity index (χ0v) is 12.0. The van der Waals surface area contributed by atoms with Crippen molar-refractivity contribution >= 4 is 27.3 Å². The molecule has 0 unspecified atom stereocenters. The highest BCUT2D eigenvalue weighted by Crippen LogP contribution is 2.24. The van der Waals surface area contributed by atoms with Crippen molar-refractivity contribution in [2.75, 3.05) is 4.72 Å². The van der Waals surface area contributed by atoms with Crippen molar-refractivity contribution in [3.63, 3.8) is 0 Å². The third-order valence-corrected chi connectivity index (χ3v) is 4.26. The van der Waals surface area contributed by atoms with Crippen molar-refractivity contribution in [2.45, 2.75) is 11.5 Å². The molecule has 8 heteroatoms. The normalized spacial score (nSPS) is 11.4. The van der Waals surface area contributed by atoms with E-state index in [1.807, 2.05) is 4.72 Å². The number of sulfonamides is 1. The van der Waals surface area contributed by atoms with E-state index >= 15 is 0 Å². The summed E-state index contributed by atoms with van der Waals surface area (Å²) in [5.41, 5.74) is -0.137. The molecule has 0 amide bonds. The lowest BCUT2D eigenvalue weighted by atomic mass is 10.2. The molecule has 0 saturated heterocycles.